The first-order chi connectivity index (χ1) is 23.8. The van der Waals surface area contributed by atoms with Crippen molar-refractivity contribution in [1.29, 1.82) is 0 Å². The third-order valence-electron chi connectivity index (χ3n) is 7.68. The van der Waals surface area contributed by atoms with E-state index in [0.717, 1.165) is 0 Å². The molecule has 0 spiro atoms. The molecule has 2 aliphatic rings. The molecule has 0 radical (unpaired) electrons. The normalized spacial score (nSPS) is 12.6. The average Bonchev–Trinajstić information content (AvgIpc) is 3.84. The molecule has 0 saturated heterocycles. The summed E-state index contributed by atoms with van der Waals surface area (Å²) in [5, 5.41) is -1.17. The van der Waals surface area contributed by atoms with Crippen LogP contribution in [0.4, 0.5) is 43.9 Å². The van der Waals surface area contributed by atoms with Crippen LogP contribution in [0.15, 0.2) is 36.2 Å². The number of nitrogens with one attached hydrogen (secondary N) is 2. The maximum absolute atomic E-state index is 15.4. The van der Waals surface area contributed by atoms with Crippen LogP contribution in [0.1, 0.15) is 5.56 Å². The molecule has 244 valence electrons. The molecular weight excluding hydrogens is 740 g/mol. The molecule has 8 nitrogen and oxygen atoms in total. The third kappa shape index (κ3) is 4.59. The number of allylic oxidation sites excluding steroid dienone is 1. The van der Waals surface area contributed by atoms with Crippen molar-refractivity contribution in [2.75, 3.05) is 0 Å². The maximum atomic E-state index is 15.4. The molecule has 2 N–H and O–H groups in total. The summed E-state index contributed by atoms with van der Waals surface area (Å²) in [5.74, 6) is -20.1. The fourth-order valence-electron chi connectivity index (χ4n) is 5.45. The van der Waals surface area contributed by atoms with Crippen LogP contribution in [0.5, 0.6) is 0 Å². The third-order valence-corrected chi connectivity index (χ3v) is 8.33. The van der Waals surface area contributed by atoms with Gasteiger partial charge in [-0.15, -0.1) is 0 Å². The zero-order valence-corrected chi connectivity index (χ0v) is 27.0. The number of nitrogens with zero attached hydrogens (tertiary/aromatic N) is 6. The molecule has 50 heavy (non-hydrogen) atoms. The molecule has 3 aromatic carbocycles. The number of halogens is 10. The van der Waals surface area contributed by atoms with Crippen LogP contribution in [0.25, 0.3) is 84.7 Å². The SMILES string of the molecule is F[C](=[Zn])/C(F)=C(/F)c1[c-]c2nc3nc(nc4[nH]c(nc5nc(nc1[nH]2)-c1c(F)c(F)c(F)c(F)c1-5)c1c(F)c(F)c(F)cc41)-c1ccccc1-3. The molecule has 0 amide bonds. The second-order valence-electron chi connectivity index (χ2n) is 10.6. The Morgan fingerprint density at radius 3 is 1.78 bits per heavy atom. The van der Waals surface area contributed by atoms with Crippen LogP contribution < -0.4 is 0 Å². The monoisotopic (exact) mass is 745 g/mol. The number of H-pyrrole nitrogens is 2. The second kappa shape index (κ2) is 11.2. The Balaban J connectivity index is 1.62. The molecule has 5 heterocycles. The summed E-state index contributed by atoms with van der Waals surface area (Å²) in [4.78, 5) is 29.6. The van der Waals surface area contributed by atoms with E-state index in [4.69, 9.17) is 0 Å². The molecule has 19 heteroatoms. The minimum atomic E-state index is -2.31. The van der Waals surface area contributed by atoms with Crippen molar-refractivity contribution >= 4 is 43.5 Å². The van der Waals surface area contributed by atoms with Gasteiger partial charge in [-0.1, -0.05) is 0 Å². The van der Waals surface area contributed by atoms with Crippen molar-refractivity contribution in [2.45, 2.75) is 0 Å². The van der Waals surface area contributed by atoms with Gasteiger partial charge in [-0.3, -0.25) is 0 Å². The molecule has 6 aromatic rings. The molecule has 0 aliphatic carbocycles. The summed E-state index contributed by atoms with van der Waals surface area (Å²) >= 11 is -0.440. The van der Waals surface area contributed by atoms with Gasteiger partial charge < -0.3 is 0 Å². The summed E-state index contributed by atoms with van der Waals surface area (Å²) in [6.07, 6.45) is 0. The Morgan fingerprint density at radius 2 is 1.16 bits per heavy atom. The number of aromatic amines is 2. The fraction of sp³-hybridized carbons (Fsp3) is 0. The Kier molecular flexibility index (Phi) is 7.04. The van der Waals surface area contributed by atoms with E-state index in [1.54, 1.807) is 24.3 Å². The van der Waals surface area contributed by atoms with E-state index in [1.807, 2.05) is 0 Å². The summed E-state index contributed by atoms with van der Waals surface area (Å²) in [6, 6.07) is 9.21. The van der Waals surface area contributed by atoms with Gasteiger partial charge in [-0.2, -0.15) is 0 Å². The van der Waals surface area contributed by atoms with Crippen LogP contribution in [-0.4, -0.2) is 44.2 Å². The van der Waals surface area contributed by atoms with Crippen molar-refractivity contribution in [3.63, 3.8) is 0 Å². The molecule has 0 fully saturated rings. The molecule has 0 saturated carbocycles. The predicted molar refractivity (Wildman–Crippen MR) is 152 cm³/mol. The quantitative estimate of drug-likeness (QED) is 0.0616. The van der Waals surface area contributed by atoms with Crippen molar-refractivity contribution in [1.82, 2.24) is 39.9 Å². The van der Waals surface area contributed by atoms with Crippen molar-refractivity contribution in [2.24, 2.45) is 0 Å². The Hall–Kier alpha value is -5.71. The van der Waals surface area contributed by atoms with Gasteiger partial charge >= 0.3 is 237 Å². The molecule has 3 aromatic heterocycles. The van der Waals surface area contributed by atoms with Gasteiger partial charge in [0.05, 0.1) is 0 Å². The van der Waals surface area contributed by atoms with Crippen LogP contribution >= 0.6 is 0 Å². The standard InChI is InChI=1S/C31H7F10N8.Zn/c32-7-13(34)18(35)11-6-14-42-25-8-3-1-2-4-9(8)26(44-25)45-27-10-5-12(33)19(36)20(37)15(10)29(46-27)48-31-17-16(30(49-31)47-28(11)43-14)21(38)23(40)24(41)22(17)39;/h1-5H,(H2,42,43,44,45,46,47,48,49);/q-1;/b18-13-;. The van der Waals surface area contributed by atoms with E-state index < -0.39 is 131 Å². The Labute approximate surface area is 278 Å². The van der Waals surface area contributed by atoms with Crippen molar-refractivity contribution < 1.29 is 61.8 Å². The van der Waals surface area contributed by atoms with E-state index in [2.05, 4.69) is 45.9 Å². The molecule has 8 rings (SSSR count). The number of rotatable bonds is 2. The summed E-state index contributed by atoms with van der Waals surface area (Å²) in [6.45, 7) is 0. The number of fused-ring (bicyclic) bond motifs is 17. The van der Waals surface area contributed by atoms with Gasteiger partial charge in [0.2, 0.25) is 0 Å². The summed E-state index contributed by atoms with van der Waals surface area (Å²) < 4.78 is 147. The molecule has 8 bridgehead atoms. The average molecular weight is 747 g/mol. The molecule has 2 aliphatic heterocycles. The van der Waals surface area contributed by atoms with E-state index in [-0.39, 0.29) is 17.3 Å². The van der Waals surface area contributed by atoms with Gasteiger partial charge in [0, 0.05) is 5.39 Å². The minimum absolute atomic E-state index is 0.124. The van der Waals surface area contributed by atoms with Crippen molar-refractivity contribution in [3.8, 4) is 45.6 Å². The fourth-order valence-corrected chi connectivity index (χ4v) is 5.78. The number of hydrogen-bond acceptors (Lipinski definition) is 6. The predicted octanol–water partition coefficient (Wildman–Crippen LogP) is 7.74. The van der Waals surface area contributed by atoms with Crippen LogP contribution in [-0.2, 0) is 17.9 Å². The van der Waals surface area contributed by atoms with Crippen LogP contribution in [0.3, 0.4) is 0 Å². The van der Waals surface area contributed by atoms with E-state index in [0.29, 0.717) is 17.2 Å². The second-order valence-corrected chi connectivity index (χ2v) is 11.9. The summed E-state index contributed by atoms with van der Waals surface area (Å²) in [7, 11) is 0. The number of hydrogen-bond donors (Lipinski definition) is 2. The molecular formula is C31H7F10N8Zn-. The first-order valence-electron chi connectivity index (χ1n) is 13.8. The van der Waals surface area contributed by atoms with Gasteiger partial charge in [-0.05, 0) is 6.07 Å². The first kappa shape index (κ1) is 31.6. The Morgan fingerprint density at radius 1 is 0.600 bits per heavy atom. The van der Waals surface area contributed by atoms with Gasteiger partial charge in [0.15, 0.2) is 17.5 Å². The van der Waals surface area contributed by atoms with Crippen LogP contribution in [0, 0.1) is 46.8 Å². The summed E-state index contributed by atoms with van der Waals surface area (Å²) in [5.41, 5.74) is -4.93. The number of benzene rings is 3. The van der Waals surface area contributed by atoms with Gasteiger partial charge in [0.25, 0.3) is 0 Å². The zero-order valence-electron chi connectivity index (χ0n) is 24.1. The zero-order chi connectivity index (χ0) is 35.3. The molecule has 0 atom stereocenters. The Bertz CT molecular complexity index is 2760. The van der Waals surface area contributed by atoms with E-state index >= 15 is 17.6 Å². The first-order valence-corrected chi connectivity index (χ1v) is 15.3. The number of aromatic nitrogens is 8. The van der Waals surface area contributed by atoms with E-state index in [9.17, 15) is 26.3 Å². The van der Waals surface area contributed by atoms with Gasteiger partial charge in [0.1, 0.15) is 0 Å². The van der Waals surface area contributed by atoms with Crippen LogP contribution in [0.2, 0.25) is 0 Å². The van der Waals surface area contributed by atoms with Crippen molar-refractivity contribution in [3.05, 3.63) is 88.5 Å². The van der Waals surface area contributed by atoms with E-state index in [1.165, 1.54) is 0 Å². The topological polar surface area (TPSA) is 109 Å². The molecule has 0 unspecified atom stereocenters. The van der Waals surface area contributed by atoms with Gasteiger partial charge in [-0.25, -0.2) is 13.2 Å².